The van der Waals surface area contributed by atoms with Gasteiger partial charge in [-0.3, -0.25) is 4.98 Å². The van der Waals surface area contributed by atoms with Crippen LogP contribution >= 0.6 is 0 Å². The summed E-state index contributed by atoms with van der Waals surface area (Å²) in [4.78, 5) is 28.6. The zero-order chi connectivity index (χ0) is 25.7. The van der Waals surface area contributed by atoms with Gasteiger partial charge in [-0.25, -0.2) is 9.59 Å². The van der Waals surface area contributed by atoms with E-state index in [1.54, 1.807) is 20.8 Å². The highest BCUT2D eigenvalue weighted by atomic mass is 19.4. The summed E-state index contributed by atoms with van der Waals surface area (Å²) < 4.78 is 84.6. The van der Waals surface area contributed by atoms with Gasteiger partial charge in [-0.2, -0.15) is 26.3 Å². The number of amides is 2. The summed E-state index contributed by atoms with van der Waals surface area (Å²) in [7, 11) is 0. The quantitative estimate of drug-likeness (QED) is 0.418. The molecule has 0 saturated carbocycles. The van der Waals surface area contributed by atoms with E-state index in [2.05, 4.69) is 15.6 Å². The average Bonchev–Trinajstić information content (AvgIpc) is 2.74. The number of nitrogens with one attached hydrogen (secondary N) is 2. The normalized spacial score (nSPS) is 13.8. The Morgan fingerprint density at radius 1 is 0.971 bits per heavy atom. The number of carbonyl (C=O) groups excluding carboxylic acids is 2. The van der Waals surface area contributed by atoms with E-state index in [0.717, 1.165) is 30.5 Å². The zero-order valence-electron chi connectivity index (χ0n) is 18.4. The first-order valence-corrected chi connectivity index (χ1v) is 10.2. The number of rotatable bonds is 7. The number of carbonyl (C=O) groups is 2. The third kappa shape index (κ3) is 6.84. The number of urea groups is 1. The molecule has 0 spiro atoms. The van der Waals surface area contributed by atoms with E-state index >= 15 is 0 Å². The molecule has 2 rings (SSSR count). The fourth-order valence-corrected chi connectivity index (χ4v) is 3.11. The Morgan fingerprint density at radius 2 is 1.59 bits per heavy atom. The van der Waals surface area contributed by atoms with Crippen molar-refractivity contribution < 1.29 is 40.7 Å². The summed E-state index contributed by atoms with van der Waals surface area (Å²) in [6, 6.07) is 1.35. The number of hydrogen-bond acceptors (Lipinski definition) is 4. The third-order valence-corrected chi connectivity index (χ3v) is 4.76. The molecule has 1 aromatic heterocycles. The van der Waals surface area contributed by atoms with Gasteiger partial charge in [0, 0.05) is 6.20 Å². The smallest absolute Gasteiger partial charge is 0.418 e. The molecule has 186 valence electrons. The highest BCUT2D eigenvalue weighted by molar-refractivity contribution is 5.84. The molecule has 0 aliphatic carbocycles. The number of ether oxygens (including phenoxy) is 1. The lowest BCUT2D eigenvalue weighted by molar-refractivity contribution is -0.146. The molecule has 34 heavy (non-hydrogen) atoms. The molecular formula is C22H23F6N3O3. The lowest BCUT2D eigenvalue weighted by Gasteiger charge is -2.25. The summed E-state index contributed by atoms with van der Waals surface area (Å²) in [5.74, 6) is -1.16. The first-order chi connectivity index (χ1) is 15.8. The van der Waals surface area contributed by atoms with Crippen LogP contribution in [0.1, 0.15) is 49.2 Å². The number of benzene rings is 1. The van der Waals surface area contributed by atoms with Gasteiger partial charge in [-0.1, -0.05) is 26.0 Å². The molecule has 1 aromatic carbocycles. The minimum atomic E-state index is -4.85. The number of pyridine rings is 1. The van der Waals surface area contributed by atoms with Crippen molar-refractivity contribution in [2.45, 2.75) is 45.2 Å². The van der Waals surface area contributed by atoms with Gasteiger partial charge >= 0.3 is 24.4 Å². The molecule has 2 amide bonds. The summed E-state index contributed by atoms with van der Waals surface area (Å²) >= 11 is 0. The minimum Gasteiger partial charge on any atom is -0.464 e. The molecule has 0 fully saturated rings. The molecule has 2 unspecified atom stereocenters. The summed E-state index contributed by atoms with van der Waals surface area (Å²) in [6.07, 6.45) is -8.45. The average molecular weight is 491 g/mol. The van der Waals surface area contributed by atoms with Crippen LogP contribution in [-0.2, 0) is 21.9 Å². The Labute approximate surface area is 191 Å². The maximum absolute atomic E-state index is 13.6. The molecule has 0 radical (unpaired) electrons. The Bertz CT molecular complexity index is 991. The SMILES string of the molecule is CCOC(=O)C(NC(=O)NC(c1ccc(C(F)(F)F)cc1)c1ncccc1C(F)(F)F)C(C)C. The summed E-state index contributed by atoms with van der Waals surface area (Å²) in [5, 5.41) is 4.65. The summed E-state index contributed by atoms with van der Waals surface area (Å²) in [5.41, 5.74) is -2.89. The Balaban J connectivity index is 2.47. The lowest BCUT2D eigenvalue weighted by Crippen LogP contribution is -2.50. The number of hydrogen-bond donors (Lipinski definition) is 2. The molecule has 0 aliphatic rings. The molecule has 2 N–H and O–H groups in total. The van der Waals surface area contributed by atoms with Crippen molar-refractivity contribution in [3.63, 3.8) is 0 Å². The van der Waals surface area contributed by atoms with Gasteiger partial charge in [0.2, 0.25) is 0 Å². The van der Waals surface area contributed by atoms with Gasteiger partial charge in [0.05, 0.1) is 29.5 Å². The van der Waals surface area contributed by atoms with Gasteiger partial charge in [0.15, 0.2) is 0 Å². The number of nitrogens with zero attached hydrogens (tertiary/aromatic N) is 1. The van der Waals surface area contributed by atoms with E-state index in [1.807, 2.05) is 0 Å². The van der Waals surface area contributed by atoms with Crippen LogP contribution in [0, 0.1) is 5.92 Å². The van der Waals surface area contributed by atoms with Crippen molar-refractivity contribution in [2.24, 2.45) is 5.92 Å². The van der Waals surface area contributed by atoms with Gasteiger partial charge in [-0.15, -0.1) is 0 Å². The molecule has 2 aromatic rings. The van der Waals surface area contributed by atoms with Crippen LogP contribution in [0.25, 0.3) is 0 Å². The van der Waals surface area contributed by atoms with E-state index in [9.17, 15) is 35.9 Å². The first kappa shape index (κ1) is 26.9. The second-order valence-electron chi connectivity index (χ2n) is 7.58. The van der Waals surface area contributed by atoms with Crippen molar-refractivity contribution >= 4 is 12.0 Å². The maximum Gasteiger partial charge on any atom is 0.418 e. The predicted molar refractivity (Wildman–Crippen MR) is 109 cm³/mol. The van der Waals surface area contributed by atoms with Crippen molar-refractivity contribution in [1.29, 1.82) is 0 Å². The molecule has 1 heterocycles. The highest BCUT2D eigenvalue weighted by Gasteiger charge is 2.38. The third-order valence-electron chi connectivity index (χ3n) is 4.76. The minimum absolute atomic E-state index is 0.0441. The predicted octanol–water partition coefficient (Wildman–Crippen LogP) is 5.10. The molecule has 12 heteroatoms. The van der Waals surface area contributed by atoms with Crippen molar-refractivity contribution in [3.05, 3.63) is 65.0 Å². The first-order valence-electron chi connectivity index (χ1n) is 10.2. The number of alkyl halides is 6. The second kappa shape index (κ2) is 10.7. The number of aromatic nitrogens is 1. The molecule has 0 aliphatic heterocycles. The molecule has 0 bridgehead atoms. The van der Waals surface area contributed by atoms with E-state index in [-0.39, 0.29) is 12.2 Å². The van der Waals surface area contributed by atoms with Crippen LogP contribution in [0.5, 0.6) is 0 Å². The number of esters is 1. The van der Waals surface area contributed by atoms with E-state index < -0.39 is 59.2 Å². The Morgan fingerprint density at radius 3 is 2.09 bits per heavy atom. The standard InChI is InChI=1S/C22H23F6N3O3/c1-4-34-19(32)16(12(2)3)30-20(33)31-17(13-7-9-14(10-8-13)21(23,24)25)18-15(22(26,27)28)6-5-11-29-18/h5-12,16-17H,4H2,1-3H3,(H2,30,31,33). The van der Waals surface area contributed by atoms with Crippen molar-refractivity contribution in [3.8, 4) is 0 Å². The van der Waals surface area contributed by atoms with Gasteiger partial charge in [0.25, 0.3) is 0 Å². The second-order valence-corrected chi connectivity index (χ2v) is 7.58. The van der Waals surface area contributed by atoms with E-state index in [4.69, 9.17) is 4.74 Å². The van der Waals surface area contributed by atoms with E-state index in [1.165, 1.54) is 0 Å². The highest BCUT2D eigenvalue weighted by Crippen LogP contribution is 2.36. The fourth-order valence-electron chi connectivity index (χ4n) is 3.11. The van der Waals surface area contributed by atoms with Crippen LogP contribution in [0.2, 0.25) is 0 Å². The van der Waals surface area contributed by atoms with E-state index in [0.29, 0.717) is 12.1 Å². The topological polar surface area (TPSA) is 80.3 Å². The monoisotopic (exact) mass is 491 g/mol. The van der Waals surface area contributed by atoms with Crippen LogP contribution in [0.4, 0.5) is 31.1 Å². The van der Waals surface area contributed by atoms with Crippen LogP contribution in [-0.4, -0.2) is 29.6 Å². The van der Waals surface area contributed by atoms with Crippen LogP contribution in [0.3, 0.4) is 0 Å². The van der Waals surface area contributed by atoms with Crippen LogP contribution < -0.4 is 10.6 Å². The largest absolute Gasteiger partial charge is 0.464 e. The molecular weight excluding hydrogens is 468 g/mol. The van der Waals surface area contributed by atoms with Gasteiger partial charge in [0.1, 0.15) is 6.04 Å². The lowest BCUT2D eigenvalue weighted by atomic mass is 9.97. The molecule has 0 saturated heterocycles. The van der Waals surface area contributed by atoms with Crippen molar-refractivity contribution in [2.75, 3.05) is 6.61 Å². The summed E-state index contributed by atoms with van der Waals surface area (Å²) in [6.45, 7) is 4.85. The van der Waals surface area contributed by atoms with Gasteiger partial charge in [-0.05, 0) is 42.7 Å². The molecule has 6 nitrogen and oxygen atoms in total. The van der Waals surface area contributed by atoms with Crippen LogP contribution in [0.15, 0.2) is 42.6 Å². The number of halogens is 6. The van der Waals surface area contributed by atoms with Gasteiger partial charge < -0.3 is 15.4 Å². The Hall–Kier alpha value is -3.31. The zero-order valence-corrected chi connectivity index (χ0v) is 18.4. The van der Waals surface area contributed by atoms with Crippen molar-refractivity contribution in [1.82, 2.24) is 15.6 Å². The Kier molecular flexibility index (Phi) is 8.51. The molecule has 2 atom stereocenters. The maximum atomic E-state index is 13.6. The fraction of sp³-hybridized carbons (Fsp3) is 0.409.